The van der Waals surface area contributed by atoms with Crippen molar-refractivity contribution >= 4 is 23.1 Å². The summed E-state index contributed by atoms with van der Waals surface area (Å²) in [4.78, 5) is 2.80. The maximum absolute atomic E-state index is 2.28. The van der Waals surface area contributed by atoms with Crippen molar-refractivity contribution in [1.29, 1.82) is 0 Å². The minimum Gasteiger partial charge on any atom is -0.136 e. The molecule has 0 N–H and O–H groups in total. The first-order valence-corrected chi connectivity index (χ1v) is 12.7. The lowest BCUT2D eigenvalue weighted by molar-refractivity contribution is 1.16. The second-order valence-corrected chi connectivity index (χ2v) is 10.3. The van der Waals surface area contributed by atoms with Crippen LogP contribution in [0, 0.1) is 0 Å². The van der Waals surface area contributed by atoms with Crippen molar-refractivity contribution in [3.63, 3.8) is 0 Å². The minimum absolute atomic E-state index is 0.320. The van der Waals surface area contributed by atoms with Crippen molar-refractivity contribution in [3.8, 4) is 20.9 Å². The summed E-state index contributed by atoms with van der Waals surface area (Å²) in [7, 11) is 0. The molecule has 1 aliphatic heterocycles. The molecule has 2 atom stereocenters. The predicted octanol–water partition coefficient (Wildman–Crippen LogP) is 9.01. The van der Waals surface area contributed by atoms with Crippen LogP contribution in [0.3, 0.4) is 0 Å². The SMILES string of the molecule is c1ccc(-c2sc(-c3ccccc3)c3c2[C@H](c2ccccc2)S[C@H]3c2ccccc2)cc1. The molecule has 0 bridgehead atoms. The molecule has 32 heavy (non-hydrogen) atoms. The molecule has 6 rings (SSSR count). The van der Waals surface area contributed by atoms with Crippen LogP contribution in [0.5, 0.6) is 0 Å². The van der Waals surface area contributed by atoms with Crippen LogP contribution in [0.4, 0.5) is 0 Å². The van der Waals surface area contributed by atoms with E-state index in [2.05, 4.69) is 133 Å². The van der Waals surface area contributed by atoms with Gasteiger partial charge in [0.05, 0.1) is 10.5 Å². The summed E-state index contributed by atoms with van der Waals surface area (Å²) in [5.74, 6) is 0. The molecule has 4 aromatic carbocycles. The second-order valence-electron chi connectivity index (χ2n) is 8.04. The molecule has 0 saturated carbocycles. The van der Waals surface area contributed by atoms with Crippen molar-refractivity contribution in [1.82, 2.24) is 0 Å². The first kappa shape index (κ1) is 19.6. The fourth-order valence-electron chi connectivity index (χ4n) is 4.60. The van der Waals surface area contributed by atoms with Crippen LogP contribution in [-0.2, 0) is 0 Å². The summed E-state index contributed by atoms with van der Waals surface area (Å²) >= 11 is 4.03. The average Bonchev–Trinajstić information content (AvgIpc) is 3.45. The normalized spacial score (nSPS) is 17.2. The molecule has 0 saturated heterocycles. The van der Waals surface area contributed by atoms with E-state index in [0.29, 0.717) is 10.5 Å². The fourth-order valence-corrected chi connectivity index (χ4v) is 7.80. The van der Waals surface area contributed by atoms with Gasteiger partial charge < -0.3 is 0 Å². The molecule has 2 heterocycles. The highest BCUT2D eigenvalue weighted by atomic mass is 32.2. The minimum atomic E-state index is 0.320. The smallest absolute Gasteiger partial charge is 0.0574 e. The Balaban J connectivity index is 1.65. The Labute approximate surface area is 197 Å². The zero-order valence-corrected chi connectivity index (χ0v) is 19.2. The lowest BCUT2D eigenvalue weighted by Crippen LogP contribution is -1.93. The van der Waals surface area contributed by atoms with Crippen molar-refractivity contribution in [2.24, 2.45) is 0 Å². The quantitative estimate of drug-likeness (QED) is 0.265. The van der Waals surface area contributed by atoms with Gasteiger partial charge in [-0.2, -0.15) is 0 Å². The summed E-state index contributed by atoms with van der Waals surface area (Å²) in [6, 6.07) is 43.8. The number of thioether (sulfide) groups is 1. The standard InChI is InChI=1S/C30H22S2/c1-5-13-21(14-6-1)27-25-26(29(31-27)23-17-9-3-10-18-23)30(24-19-11-4-12-20-24)32-28(25)22-15-7-2-8-16-22/h1-20,27,29H/t27-,29-/m0/s1. The van der Waals surface area contributed by atoms with Crippen molar-refractivity contribution < 1.29 is 0 Å². The van der Waals surface area contributed by atoms with Crippen LogP contribution < -0.4 is 0 Å². The van der Waals surface area contributed by atoms with Gasteiger partial charge in [0.15, 0.2) is 0 Å². The zero-order valence-electron chi connectivity index (χ0n) is 17.5. The number of hydrogen-bond donors (Lipinski definition) is 0. The molecule has 0 amide bonds. The van der Waals surface area contributed by atoms with E-state index in [0.717, 1.165) is 0 Å². The highest BCUT2D eigenvalue weighted by Gasteiger charge is 2.40. The summed E-state index contributed by atoms with van der Waals surface area (Å²) in [6.45, 7) is 0. The van der Waals surface area contributed by atoms with Crippen molar-refractivity contribution in [2.75, 3.05) is 0 Å². The molecule has 1 aliphatic rings. The van der Waals surface area contributed by atoms with E-state index in [-0.39, 0.29) is 0 Å². The van der Waals surface area contributed by atoms with Crippen LogP contribution in [0.25, 0.3) is 20.9 Å². The van der Waals surface area contributed by atoms with E-state index in [1.54, 1.807) is 0 Å². The van der Waals surface area contributed by atoms with E-state index in [9.17, 15) is 0 Å². The molecule has 154 valence electrons. The van der Waals surface area contributed by atoms with E-state index in [1.807, 2.05) is 11.3 Å². The summed E-state index contributed by atoms with van der Waals surface area (Å²) in [5.41, 5.74) is 8.37. The van der Waals surface area contributed by atoms with Crippen LogP contribution in [0.1, 0.15) is 32.8 Å². The highest BCUT2D eigenvalue weighted by Crippen LogP contribution is 2.63. The number of benzene rings is 4. The Morgan fingerprint density at radius 1 is 0.406 bits per heavy atom. The molecular formula is C30H22S2. The Kier molecular flexibility index (Phi) is 5.18. The summed E-state index contributed by atoms with van der Waals surface area (Å²) in [5, 5.41) is 0.639. The molecule has 0 nitrogen and oxygen atoms in total. The Morgan fingerprint density at radius 3 is 1.12 bits per heavy atom. The number of hydrogen-bond acceptors (Lipinski definition) is 2. The van der Waals surface area contributed by atoms with Crippen LogP contribution in [0.2, 0.25) is 0 Å². The monoisotopic (exact) mass is 446 g/mol. The first-order chi connectivity index (χ1) is 15.9. The van der Waals surface area contributed by atoms with Gasteiger partial charge in [-0.05, 0) is 33.4 Å². The van der Waals surface area contributed by atoms with Crippen LogP contribution in [0.15, 0.2) is 121 Å². The number of thiophene rings is 1. The Bertz CT molecular complexity index is 1220. The third kappa shape index (κ3) is 3.40. The van der Waals surface area contributed by atoms with Gasteiger partial charge in [-0.3, -0.25) is 0 Å². The molecule has 0 radical (unpaired) electrons. The fraction of sp³-hybridized carbons (Fsp3) is 0.0667. The average molecular weight is 447 g/mol. The van der Waals surface area contributed by atoms with Gasteiger partial charge in [0, 0.05) is 9.75 Å². The van der Waals surface area contributed by atoms with E-state index < -0.39 is 0 Å². The largest absolute Gasteiger partial charge is 0.136 e. The summed E-state index contributed by atoms with van der Waals surface area (Å²) in [6.07, 6.45) is 0. The first-order valence-electron chi connectivity index (χ1n) is 10.9. The predicted molar refractivity (Wildman–Crippen MR) is 139 cm³/mol. The lowest BCUT2D eigenvalue weighted by atomic mass is 9.92. The number of rotatable bonds is 4. The van der Waals surface area contributed by atoms with E-state index in [4.69, 9.17) is 0 Å². The molecule has 0 spiro atoms. The van der Waals surface area contributed by atoms with Crippen molar-refractivity contribution in [2.45, 2.75) is 10.5 Å². The van der Waals surface area contributed by atoms with Crippen LogP contribution >= 0.6 is 23.1 Å². The van der Waals surface area contributed by atoms with Gasteiger partial charge in [0.2, 0.25) is 0 Å². The third-order valence-electron chi connectivity index (χ3n) is 6.06. The van der Waals surface area contributed by atoms with Crippen molar-refractivity contribution in [3.05, 3.63) is 144 Å². The third-order valence-corrected chi connectivity index (χ3v) is 8.94. The second kappa shape index (κ2) is 8.46. The van der Waals surface area contributed by atoms with E-state index >= 15 is 0 Å². The maximum atomic E-state index is 2.28. The molecule has 0 aliphatic carbocycles. The van der Waals surface area contributed by atoms with Gasteiger partial charge in [0.1, 0.15) is 0 Å². The Morgan fingerprint density at radius 2 is 0.750 bits per heavy atom. The molecule has 1 aromatic heterocycles. The van der Waals surface area contributed by atoms with Crippen LogP contribution in [-0.4, -0.2) is 0 Å². The Hall–Kier alpha value is -3.07. The van der Waals surface area contributed by atoms with Gasteiger partial charge in [-0.15, -0.1) is 23.1 Å². The molecule has 2 heteroatoms. The topological polar surface area (TPSA) is 0 Å². The van der Waals surface area contributed by atoms with Gasteiger partial charge in [0.25, 0.3) is 0 Å². The van der Waals surface area contributed by atoms with Gasteiger partial charge in [-0.25, -0.2) is 0 Å². The lowest BCUT2D eigenvalue weighted by Gasteiger charge is -2.16. The van der Waals surface area contributed by atoms with Gasteiger partial charge in [-0.1, -0.05) is 121 Å². The molecular weight excluding hydrogens is 424 g/mol. The number of fused-ring (bicyclic) bond motifs is 1. The summed E-state index contributed by atoms with van der Waals surface area (Å²) < 4.78 is 0. The molecule has 5 aromatic rings. The maximum Gasteiger partial charge on any atom is 0.0574 e. The van der Waals surface area contributed by atoms with Gasteiger partial charge >= 0.3 is 0 Å². The van der Waals surface area contributed by atoms with E-state index in [1.165, 1.54) is 43.1 Å². The molecule has 0 unspecified atom stereocenters. The highest BCUT2D eigenvalue weighted by molar-refractivity contribution is 8.00. The molecule has 0 fully saturated rings. The zero-order chi connectivity index (χ0) is 21.3.